The van der Waals surface area contributed by atoms with Crippen LogP contribution in [0.1, 0.15) is 99.8 Å². The minimum atomic E-state index is -1.49. The van der Waals surface area contributed by atoms with Crippen LogP contribution in [-0.4, -0.2) is 120 Å². The van der Waals surface area contributed by atoms with Gasteiger partial charge in [-0.1, -0.05) is 44.2 Å². The molecule has 2 aromatic carbocycles. The first kappa shape index (κ1) is 40.9. The third kappa shape index (κ3) is 9.99. The van der Waals surface area contributed by atoms with Crippen molar-refractivity contribution in [2.75, 3.05) is 47.4 Å². The number of piperidine rings is 1. The van der Waals surface area contributed by atoms with Gasteiger partial charge in [-0.25, -0.2) is 0 Å². The Bertz CT molecular complexity index is 1510. The Morgan fingerprint density at radius 2 is 1.71 bits per heavy atom. The molecule has 10 heteroatoms. The van der Waals surface area contributed by atoms with Gasteiger partial charge in [0.2, 0.25) is 5.91 Å². The lowest BCUT2D eigenvalue weighted by atomic mass is 9.85. The van der Waals surface area contributed by atoms with Crippen molar-refractivity contribution in [2.24, 2.45) is 5.41 Å². The van der Waals surface area contributed by atoms with E-state index in [2.05, 4.69) is 82.0 Å². The summed E-state index contributed by atoms with van der Waals surface area (Å²) in [7, 11) is 5.84. The van der Waals surface area contributed by atoms with Gasteiger partial charge in [0.05, 0.1) is 19.1 Å². The molecule has 10 nitrogen and oxygen atoms in total. The molecule has 2 aliphatic heterocycles. The Hall–Kier alpha value is -2.83. The van der Waals surface area contributed by atoms with Gasteiger partial charge < -0.3 is 45.0 Å². The summed E-state index contributed by atoms with van der Waals surface area (Å²) in [6.07, 6.45) is 0.520. The fraction of sp³-hybridized carbons (Fsp3) is 0.634. The summed E-state index contributed by atoms with van der Waals surface area (Å²) in [5.74, 6) is 0.675. The summed E-state index contributed by atoms with van der Waals surface area (Å²) in [6, 6.07) is 10.8. The third-order valence-electron chi connectivity index (χ3n) is 10.7. The van der Waals surface area contributed by atoms with Gasteiger partial charge >= 0.3 is 0 Å². The van der Waals surface area contributed by atoms with Gasteiger partial charge in [0.15, 0.2) is 0 Å². The average Bonchev–Trinajstić information content (AvgIpc) is 3.07. The van der Waals surface area contributed by atoms with Crippen LogP contribution in [0.15, 0.2) is 36.4 Å². The van der Waals surface area contributed by atoms with Gasteiger partial charge in [0.25, 0.3) is 0 Å². The number of aliphatic hydroxyl groups is 4. The number of carbonyl (C=O) groups is 1. The number of aliphatic hydroxyl groups excluding tert-OH is 4. The molecule has 0 spiro atoms. The molecule has 5 N–H and O–H groups in total. The maximum absolute atomic E-state index is 13.5. The number of ether oxygens (including phenoxy) is 2. The van der Waals surface area contributed by atoms with Gasteiger partial charge in [-0.05, 0) is 127 Å². The number of aryl methyl sites for hydroxylation is 1. The van der Waals surface area contributed by atoms with Crippen molar-refractivity contribution < 1.29 is 34.7 Å². The van der Waals surface area contributed by atoms with Crippen molar-refractivity contribution >= 4 is 12.0 Å². The molecule has 2 fully saturated rings. The summed E-state index contributed by atoms with van der Waals surface area (Å²) in [5.41, 5.74) is 4.79. The maximum Gasteiger partial charge on any atom is 0.229 e. The number of rotatable bonds is 13. The van der Waals surface area contributed by atoms with Crippen molar-refractivity contribution in [3.05, 3.63) is 69.8 Å². The zero-order chi connectivity index (χ0) is 37.8. The second-order valence-corrected chi connectivity index (χ2v) is 16.4. The van der Waals surface area contributed by atoms with Crippen molar-refractivity contribution in [2.45, 2.75) is 116 Å². The van der Waals surface area contributed by atoms with Crippen molar-refractivity contribution in [1.82, 2.24) is 15.1 Å². The molecule has 2 aliphatic rings. The van der Waals surface area contributed by atoms with Crippen LogP contribution in [0.3, 0.4) is 0 Å². The van der Waals surface area contributed by atoms with Crippen LogP contribution < -0.4 is 10.1 Å². The zero-order valence-corrected chi connectivity index (χ0v) is 32.4. The van der Waals surface area contributed by atoms with Crippen molar-refractivity contribution in [3.63, 3.8) is 0 Å². The number of hydrogen-bond donors (Lipinski definition) is 5. The van der Waals surface area contributed by atoms with Crippen molar-refractivity contribution in [3.8, 4) is 5.75 Å². The number of hydrogen-bond acceptors (Lipinski definition) is 9. The molecule has 0 bridgehead atoms. The van der Waals surface area contributed by atoms with Crippen LogP contribution in [0.4, 0.5) is 0 Å². The molecule has 0 aromatic heterocycles. The zero-order valence-electron chi connectivity index (χ0n) is 32.4. The number of carbonyl (C=O) groups excluding carboxylic acids is 1. The normalized spacial score (nSPS) is 24.1. The van der Waals surface area contributed by atoms with E-state index in [0.717, 1.165) is 60.3 Å². The Labute approximate surface area is 305 Å². The molecule has 0 aliphatic carbocycles. The smallest absolute Gasteiger partial charge is 0.229 e. The number of methoxy groups -OCH3 is 1. The van der Waals surface area contributed by atoms with Crippen LogP contribution in [0.25, 0.3) is 6.08 Å². The lowest BCUT2D eigenvalue weighted by Gasteiger charge is -2.40. The van der Waals surface area contributed by atoms with Crippen LogP contribution in [-0.2, 0) is 16.0 Å². The van der Waals surface area contributed by atoms with Crippen LogP contribution in [0, 0.1) is 12.3 Å². The van der Waals surface area contributed by atoms with Crippen molar-refractivity contribution in [1.29, 1.82) is 0 Å². The third-order valence-corrected chi connectivity index (χ3v) is 10.7. The molecular weight excluding hydrogens is 646 g/mol. The van der Waals surface area contributed by atoms with E-state index in [1.807, 2.05) is 38.1 Å². The summed E-state index contributed by atoms with van der Waals surface area (Å²) in [5, 5.41) is 44.8. The number of nitrogens with zero attached hydrogens (tertiary/aromatic N) is 2. The Morgan fingerprint density at radius 1 is 1.04 bits per heavy atom. The molecule has 284 valence electrons. The highest BCUT2D eigenvalue weighted by Crippen LogP contribution is 2.40. The van der Waals surface area contributed by atoms with E-state index in [1.165, 1.54) is 0 Å². The quantitative estimate of drug-likeness (QED) is 0.208. The largest absolute Gasteiger partial charge is 0.496 e. The predicted molar refractivity (Wildman–Crippen MR) is 202 cm³/mol. The Morgan fingerprint density at radius 3 is 2.27 bits per heavy atom. The Balaban J connectivity index is 1.49. The van der Waals surface area contributed by atoms with E-state index in [0.29, 0.717) is 23.8 Å². The molecule has 0 unspecified atom stereocenters. The monoisotopic (exact) mass is 709 g/mol. The van der Waals surface area contributed by atoms with E-state index in [9.17, 15) is 25.2 Å². The highest BCUT2D eigenvalue weighted by molar-refractivity contribution is 5.85. The standard InChI is InChI=1S/C41H63N3O7/c1-25(2)31-22-33(50-10)32(38-37(48)36(47)35(46)34(23-45)51-38)21-29(31)20-28-12-11-27(19-26(28)3)13-16-40(4,5)39(49)42-41(6,7)24-44-17-14-30(15-18-44)43(8)9/h11-13,16,19,21-22,25,30,34-38,45-48H,14-15,17-18,20,23-24H2,1-10H3,(H,42,49)/b16-13+/t34-,35-,36+,37-,38+/m1/s1. The maximum atomic E-state index is 13.5. The first-order chi connectivity index (χ1) is 23.9. The molecule has 5 atom stereocenters. The summed E-state index contributed by atoms with van der Waals surface area (Å²) in [6.45, 7) is 16.8. The number of amides is 1. The molecular formula is C41H63N3O7. The second-order valence-electron chi connectivity index (χ2n) is 16.4. The van der Waals surface area contributed by atoms with Crippen LogP contribution >= 0.6 is 0 Å². The van der Waals surface area contributed by atoms with Gasteiger partial charge in [0, 0.05) is 23.7 Å². The topological polar surface area (TPSA) is 135 Å². The highest BCUT2D eigenvalue weighted by Gasteiger charge is 2.45. The van der Waals surface area contributed by atoms with E-state index < -0.39 is 42.5 Å². The van der Waals surface area contributed by atoms with E-state index in [1.54, 1.807) is 7.11 Å². The molecule has 51 heavy (non-hydrogen) atoms. The molecule has 1 amide bonds. The minimum Gasteiger partial charge on any atom is -0.496 e. The molecule has 0 radical (unpaired) electrons. The lowest BCUT2D eigenvalue weighted by molar-refractivity contribution is -0.232. The summed E-state index contributed by atoms with van der Waals surface area (Å²) in [4.78, 5) is 18.3. The molecule has 2 saturated heterocycles. The van der Waals surface area contributed by atoms with E-state index >= 15 is 0 Å². The SMILES string of the molecule is COc1cc(C(C)C)c(Cc2ccc(/C=C/C(C)(C)C(=O)NC(C)(C)CN3CCC(N(C)C)CC3)cc2C)cc1[C@@H]1O[C@H](CO)[C@@H](O)[C@H](O)[C@H]1O. The number of nitrogens with one attached hydrogen (secondary N) is 1. The van der Waals surface area contributed by atoms with Gasteiger partial charge in [-0.3, -0.25) is 4.79 Å². The first-order valence-electron chi connectivity index (χ1n) is 18.4. The molecule has 4 rings (SSSR count). The van der Waals surface area contributed by atoms with Gasteiger partial charge in [-0.15, -0.1) is 0 Å². The van der Waals surface area contributed by atoms with E-state index in [4.69, 9.17) is 9.47 Å². The number of benzene rings is 2. The van der Waals surface area contributed by atoms with Gasteiger partial charge in [0.1, 0.15) is 36.3 Å². The predicted octanol–water partition coefficient (Wildman–Crippen LogP) is 4.19. The number of likely N-dealkylation sites (tertiary alicyclic amines) is 1. The lowest BCUT2D eigenvalue weighted by Crippen LogP contribution is -2.56. The molecule has 2 heterocycles. The molecule has 0 saturated carbocycles. The van der Waals surface area contributed by atoms with Crippen LogP contribution in [0.5, 0.6) is 5.75 Å². The summed E-state index contributed by atoms with van der Waals surface area (Å²) < 4.78 is 11.6. The average molecular weight is 710 g/mol. The van der Waals surface area contributed by atoms with E-state index in [-0.39, 0.29) is 17.4 Å². The fourth-order valence-electron chi connectivity index (χ4n) is 7.38. The molecule has 2 aromatic rings. The second kappa shape index (κ2) is 16.9. The van der Waals surface area contributed by atoms with Crippen LogP contribution in [0.2, 0.25) is 0 Å². The summed E-state index contributed by atoms with van der Waals surface area (Å²) >= 11 is 0. The Kier molecular flexibility index (Phi) is 13.6. The first-order valence-corrected chi connectivity index (χ1v) is 18.4. The highest BCUT2D eigenvalue weighted by atomic mass is 16.5. The minimum absolute atomic E-state index is 0.00352. The van der Waals surface area contributed by atoms with Gasteiger partial charge in [-0.2, -0.15) is 0 Å². The fourth-order valence-corrected chi connectivity index (χ4v) is 7.38.